The summed E-state index contributed by atoms with van der Waals surface area (Å²) in [5.74, 6) is 0. The summed E-state index contributed by atoms with van der Waals surface area (Å²) in [4.78, 5) is 4.37. The van der Waals surface area contributed by atoms with Crippen LogP contribution in [0, 0.1) is 0 Å². The van der Waals surface area contributed by atoms with Gasteiger partial charge in [-0.1, -0.05) is 30.4 Å². The Balaban J connectivity index is 1.94. The van der Waals surface area contributed by atoms with Crippen molar-refractivity contribution < 1.29 is 0 Å². The third-order valence-electron chi connectivity index (χ3n) is 2.91. The first-order chi connectivity index (χ1) is 9.04. The molecule has 1 aromatic heterocycles. The molecule has 2 aromatic rings. The van der Waals surface area contributed by atoms with Crippen molar-refractivity contribution >= 4 is 17.0 Å². The first-order valence-electron chi connectivity index (χ1n) is 6.81. The fourth-order valence-corrected chi connectivity index (χ4v) is 1.94. The van der Waals surface area contributed by atoms with Gasteiger partial charge in [-0.3, -0.25) is 4.98 Å². The number of fused-ring (bicyclic) bond motifs is 1. The summed E-state index contributed by atoms with van der Waals surface area (Å²) in [6.45, 7) is 7.56. The van der Waals surface area contributed by atoms with E-state index in [9.17, 15) is 0 Å². The van der Waals surface area contributed by atoms with Gasteiger partial charge in [-0.25, -0.2) is 0 Å². The van der Waals surface area contributed by atoms with Crippen molar-refractivity contribution in [3.05, 3.63) is 48.2 Å². The highest BCUT2D eigenvalue weighted by Crippen LogP contribution is 2.14. The van der Waals surface area contributed by atoms with Gasteiger partial charge >= 0.3 is 0 Å². The SMILES string of the molecule is CC(C)(C)NCC/C=C/c1ccc2cccnc2c1. The second-order valence-corrected chi connectivity index (χ2v) is 5.82. The summed E-state index contributed by atoms with van der Waals surface area (Å²) in [5, 5.41) is 4.66. The molecule has 0 aliphatic rings. The van der Waals surface area contributed by atoms with Crippen LogP contribution >= 0.6 is 0 Å². The van der Waals surface area contributed by atoms with Crippen LogP contribution in [0.15, 0.2) is 42.6 Å². The summed E-state index contributed by atoms with van der Waals surface area (Å²) >= 11 is 0. The highest BCUT2D eigenvalue weighted by Gasteiger charge is 2.06. The molecule has 0 aliphatic carbocycles. The predicted octanol–water partition coefficient (Wildman–Crippen LogP) is 4.03. The molecule has 2 heteroatoms. The van der Waals surface area contributed by atoms with Gasteiger partial charge in [-0.15, -0.1) is 0 Å². The quantitative estimate of drug-likeness (QED) is 0.833. The van der Waals surface area contributed by atoms with Crippen molar-refractivity contribution in [3.8, 4) is 0 Å². The molecule has 0 amide bonds. The number of aromatic nitrogens is 1. The fourth-order valence-electron chi connectivity index (χ4n) is 1.94. The average Bonchev–Trinajstić information content (AvgIpc) is 2.37. The van der Waals surface area contributed by atoms with E-state index in [4.69, 9.17) is 0 Å². The Labute approximate surface area is 115 Å². The maximum absolute atomic E-state index is 4.37. The Kier molecular flexibility index (Phi) is 4.33. The topological polar surface area (TPSA) is 24.9 Å². The van der Waals surface area contributed by atoms with Crippen LogP contribution in [0.2, 0.25) is 0 Å². The second kappa shape index (κ2) is 5.98. The third kappa shape index (κ3) is 4.49. The van der Waals surface area contributed by atoms with Crippen molar-refractivity contribution in [1.29, 1.82) is 0 Å². The van der Waals surface area contributed by atoms with E-state index in [1.165, 1.54) is 10.9 Å². The second-order valence-electron chi connectivity index (χ2n) is 5.82. The fraction of sp³-hybridized carbons (Fsp3) is 0.353. The lowest BCUT2D eigenvalue weighted by Gasteiger charge is -2.19. The van der Waals surface area contributed by atoms with Gasteiger partial charge in [0.1, 0.15) is 0 Å². The number of rotatable bonds is 4. The zero-order valence-corrected chi connectivity index (χ0v) is 12.0. The minimum absolute atomic E-state index is 0.195. The molecule has 0 atom stereocenters. The Morgan fingerprint density at radius 1 is 1.21 bits per heavy atom. The number of nitrogens with one attached hydrogen (secondary N) is 1. The molecule has 2 rings (SSSR count). The van der Waals surface area contributed by atoms with Crippen LogP contribution in [-0.2, 0) is 0 Å². The zero-order valence-electron chi connectivity index (χ0n) is 12.0. The molecule has 0 fully saturated rings. The largest absolute Gasteiger partial charge is 0.312 e. The molecule has 0 aliphatic heterocycles. The molecule has 100 valence electrons. The number of hydrogen-bond donors (Lipinski definition) is 1. The lowest BCUT2D eigenvalue weighted by Crippen LogP contribution is -2.36. The average molecular weight is 254 g/mol. The van der Waals surface area contributed by atoms with E-state index in [0.29, 0.717) is 0 Å². The number of pyridine rings is 1. The van der Waals surface area contributed by atoms with Crippen LogP contribution in [0.5, 0.6) is 0 Å². The molecule has 1 heterocycles. The smallest absolute Gasteiger partial charge is 0.0707 e. The van der Waals surface area contributed by atoms with Crippen LogP contribution in [-0.4, -0.2) is 17.1 Å². The van der Waals surface area contributed by atoms with Crippen LogP contribution < -0.4 is 5.32 Å². The third-order valence-corrected chi connectivity index (χ3v) is 2.91. The normalized spacial score (nSPS) is 12.4. The monoisotopic (exact) mass is 254 g/mol. The first-order valence-corrected chi connectivity index (χ1v) is 6.81. The summed E-state index contributed by atoms with van der Waals surface area (Å²) < 4.78 is 0. The van der Waals surface area contributed by atoms with Gasteiger partial charge in [0.05, 0.1) is 5.52 Å². The maximum atomic E-state index is 4.37. The molecule has 0 saturated carbocycles. The predicted molar refractivity (Wildman–Crippen MR) is 83.1 cm³/mol. The van der Waals surface area contributed by atoms with E-state index in [1.54, 1.807) is 0 Å². The van der Waals surface area contributed by atoms with Gasteiger partial charge in [0.2, 0.25) is 0 Å². The van der Waals surface area contributed by atoms with E-state index in [-0.39, 0.29) is 5.54 Å². The summed E-state index contributed by atoms with van der Waals surface area (Å²) in [6.07, 6.45) is 7.25. The molecule has 19 heavy (non-hydrogen) atoms. The van der Waals surface area contributed by atoms with Crippen molar-refractivity contribution in [2.75, 3.05) is 6.54 Å². The van der Waals surface area contributed by atoms with Crippen LogP contribution in [0.25, 0.3) is 17.0 Å². The first kappa shape index (κ1) is 13.8. The van der Waals surface area contributed by atoms with Crippen molar-refractivity contribution in [2.45, 2.75) is 32.7 Å². The Morgan fingerprint density at radius 3 is 2.84 bits per heavy atom. The summed E-state index contributed by atoms with van der Waals surface area (Å²) in [6, 6.07) is 10.4. The highest BCUT2D eigenvalue weighted by molar-refractivity contribution is 5.80. The molecular formula is C17H22N2. The maximum Gasteiger partial charge on any atom is 0.0707 e. The minimum Gasteiger partial charge on any atom is -0.312 e. The molecule has 0 radical (unpaired) electrons. The van der Waals surface area contributed by atoms with Gasteiger partial charge in [-0.05, 0) is 51.4 Å². The van der Waals surface area contributed by atoms with Crippen LogP contribution in [0.1, 0.15) is 32.8 Å². The van der Waals surface area contributed by atoms with E-state index < -0.39 is 0 Å². The van der Waals surface area contributed by atoms with Crippen molar-refractivity contribution in [2.24, 2.45) is 0 Å². The van der Waals surface area contributed by atoms with Gasteiger partial charge < -0.3 is 5.32 Å². The van der Waals surface area contributed by atoms with E-state index in [0.717, 1.165) is 18.5 Å². The van der Waals surface area contributed by atoms with Crippen LogP contribution in [0.4, 0.5) is 0 Å². The van der Waals surface area contributed by atoms with Gasteiger partial charge in [0.25, 0.3) is 0 Å². The lowest BCUT2D eigenvalue weighted by molar-refractivity contribution is 0.431. The Hall–Kier alpha value is -1.67. The van der Waals surface area contributed by atoms with E-state index >= 15 is 0 Å². The van der Waals surface area contributed by atoms with Gasteiger partial charge in [0, 0.05) is 17.1 Å². The molecule has 1 N–H and O–H groups in total. The molecule has 0 saturated heterocycles. The Morgan fingerprint density at radius 2 is 2.05 bits per heavy atom. The van der Waals surface area contributed by atoms with Crippen molar-refractivity contribution in [1.82, 2.24) is 10.3 Å². The van der Waals surface area contributed by atoms with Crippen LogP contribution in [0.3, 0.4) is 0 Å². The van der Waals surface area contributed by atoms with Crippen molar-refractivity contribution in [3.63, 3.8) is 0 Å². The molecule has 0 bridgehead atoms. The van der Waals surface area contributed by atoms with Gasteiger partial charge in [0.15, 0.2) is 0 Å². The number of benzene rings is 1. The molecule has 0 unspecified atom stereocenters. The Bertz CT molecular complexity index is 565. The zero-order chi connectivity index (χ0) is 13.7. The molecule has 0 spiro atoms. The standard InChI is InChI=1S/C17H22N2/c1-17(2,3)19-12-5-4-7-14-9-10-15-8-6-11-18-16(15)13-14/h4,6-11,13,19H,5,12H2,1-3H3/b7-4+. The van der Waals surface area contributed by atoms with E-state index in [1.807, 2.05) is 12.3 Å². The van der Waals surface area contributed by atoms with Gasteiger partial charge in [-0.2, -0.15) is 0 Å². The number of hydrogen-bond acceptors (Lipinski definition) is 2. The molecule has 1 aromatic carbocycles. The van der Waals surface area contributed by atoms with E-state index in [2.05, 4.69) is 67.5 Å². The minimum atomic E-state index is 0.195. The highest BCUT2D eigenvalue weighted by atomic mass is 14.9. The number of nitrogens with zero attached hydrogens (tertiary/aromatic N) is 1. The molecule has 2 nitrogen and oxygen atoms in total. The summed E-state index contributed by atoms with van der Waals surface area (Å²) in [5.41, 5.74) is 2.46. The molecular weight excluding hydrogens is 232 g/mol. The summed E-state index contributed by atoms with van der Waals surface area (Å²) in [7, 11) is 0. The lowest BCUT2D eigenvalue weighted by atomic mass is 10.1.